The number of fused-ring (bicyclic) bond motifs is 2. The highest BCUT2D eigenvalue weighted by atomic mass is 16.7. The third-order valence-electron chi connectivity index (χ3n) is 5.72. The molecule has 1 aliphatic carbocycles. The molecule has 0 bridgehead atoms. The molecule has 0 aromatic rings. The van der Waals surface area contributed by atoms with Crippen molar-refractivity contribution in [1.82, 2.24) is 0 Å². The third-order valence-corrected chi connectivity index (χ3v) is 5.72. The van der Waals surface area contributed by atoms with Crippen molar-refractivity contribution in [2.24, 2.45) is 23.7 Å². The first kappa shape index (κ1) is 22.6. The zero-order chi connectivity index (χ0) is 22.1. The molecule has 1 spiro atoms. The summed E-state index contributed by atoms with van der Waals surface area (Å²) in [7, 11) is 0. The highest BCUT2D eigenvalue weighted by Crippen LogP contribution is 2.57. The Labute approximate surface area is 177 Å². The van der Waals surface area contributed by atoms with Gasteiger partial charge in [0.15, 0.2) is 0 Å². The van der Waals surface area contributed by atoms with Crippen molar-refractivity contribution in [3.8, 4) is 0 Å². The van der Waals surface area contributed by atoms with Gasteiger partial charge in [-0.05, 0) is 18.3 Å². The van der Waals surface area contributed by atoms with Crippen molar-refractivity contribution in [3.05, 3.63) is 11.8 Å². The van der Waals surface area contributed by atoms with Crippen LogP contribution >= 0.6 is 0 Å². The lowest BCUT2D eigenvalue weighted by Gasteiger charge is -2.35. The minimum atomic E-state index is -0.834. The van der Waals surface area contributed by atoms with Crippen molar-refractivity contribution in [3.63, 3.8) is 0 Å². The van der Waals surface area contributed by atoms with Crippen LogP contribution in [0.15, 0.2) is 11.8 Å². The van der Waals surface area contributed by atoms with E-state index < -0.39 is 24.0 Å². The molecule has 5 unspecified atom stereocenters. The first-order valence-electron chi connectivity index (χ1n) is 10.6. The maximum Gasteiger partial charge on any atom is 0.309 e. The van der Waals surface area contributed by atoms with Crippen LogP contribution in [-0.2, 0) is 38.1 Å². The van der Waals surface area contributed by atoms with Crippen LogP contribution in [0.25, 0.3) is 0 Å². The van der Waals surface area contributed by atoms with Crippen LogP contribution in [0.1, 0.15) is 53.9 Å². The lowest BCUT2D eigenvalue weighted by Crippen LogP contribution is -2.45. The van der Waals surface area contributed by atoms with E-state index in [1.54, 1.807) is 0 Å². The Bertz CT molecular complexity index is 706. The van der Waals surface area contributed by atoms with Crippen molar-refractivity contribution in [1.29, 1.82) is 0 Å². The third kappa shape index (κ3) is 4.96. The molecule has 1 saturated carbocycles. The van der Waals surface area contributed by atoms with Crippen LogP contribution in [0, 0.1) is 23.7 Å². The van der Waals surface area contributed by atoms with Gasteiger partial charge >= 0.3 is 17.9 Å². The van der Waals surface area contributed by atoms with Crippen LogP contribution in [0.5, 0.6) is 0 Å². The molecule has 0 radical (unpaired) electrons. The molecule has 1 saturated heterocycles. The standard InChI is InChI=1S/C22H32O8/c1-12(2)6-18(24)26-9-15-10-27-21(30-19(25)7-13(3)4)20-16(15)8-17(29-14(5)23)22(20)11-28-22/h10,12-13,16-17,20-21H,6-9,11H2,1-5H3. The highest BCUT2D eigenvalue weighted by molar-refractivity contribution is 5.70. The SMILES string of the molecule is CC(=O)OC1CC2C(COC(=O)CC(C)C)=COC(OC(=O)CC(C)C)C2C12CO2. The van der Waals surface area contributed by atoms with Crippen molar-refractivity contribution in [2.45, 2.75) is 71.9 Å². The van der Waals surface area contributed by atoms with E-state index in [4.69, 9.17) is 23.7 Å². The molecule has 8 heteroatoms. The van der Waals surface area contributed by atoms with E-state index in [1.807, 2.05) is 27.7 Å². The average molecular weight is 424 g/mol. The van der Waals surface area contributed by atoms with Crippen LogP contribution < -0.4 is 0 Å². The Kier molecular flexibility index (Phi) is 6.75. The first-order valence-corrected chi connectivity index (χ1v) is 10.6. The molecule has 2 fully saturated rings. The fraction of sp³-hybridized carbons (Fsp3) is 0.773. The van der Waals surface area contributed by atoms with E-state index in [0.717, 1.165) is 5.57 Å². The number of carbonyl (C=O) groups excluding carboxylic acids is 3. The molecule has 168 valence electrons. The van der Waals surface area contributed by atoms with Gasteiger partial charge in [0.25, 0.3) is 0 Å². The minimum absolute atomic E-state index is 0.0856. The van der Waals surface area contributed by atoms with Crippen LogP contribution in [0.3, 0.4) is 0 Å². The zero-order valence-electron chi connectivity index (χ0n) is 18.3. The molecule has 2 aliphatic heterocycles. The van der Waals surface area contributed by atoms with E-state index >= 15 is 0 Å². The van der Waals surface area contributed by atoms with Gasteiger partial charge in [-0.15, -0.1) is 0 Å². The molecule has 2 heterocycles. The molecule has 0 aromatic heterocycles. The van der Waals surface area contributed by atoms with Gasteiger partial charge < -0.3 is 23.7 Å². The fourth-order valence-electron chi connectivity index (χ4n) is 4.38. The topological polar surface area (TPSA) is 101 Å². The van der Waals surface area contributed by atoms with Gasteiger partial charge in [-0.1, -0.05) is 27.7 Å². The summed E-state index contributed by atoms with van der Waals surface area (Å²) in [6.07, 6.45) is 1.33. The number of hydrogen-bond acceptors (Lipinski definition) is 8. The Morgan fingerprint density at radius 1 is 1.10 bits per heavy atom. The lowest BCUT2D eigenvalue weighted by atomic mass is 9.83. The Morgan fingerprint density at radius 3 is 2.30 bits per heavy atom. The molecular weight excluding hydrogens is 392 g/mol. The van der Waals surface area contributed by atoms with E-state index in [0.29, 0.717) is 19.4 Å². The van der Waals surface area contributed by atoms with E-state index in [2.05, 4.69) is 0 Å². The number of hydrogen-bond donors (Lipinski definition) is 0. The number of esters is 3. The summed E-state index contributed by atoms with van der Waals surface area (Å²) in [6.45, 7) is 9.62. The van der Waals surface area contributed by atoms with Crippen LogP contribution in [0.2, 0.25) is 0 Å². The second-order valence-electron chi connectivity index (χ2n) is 9.25. The summed E-state index contributed by atoms with van der Waals surface area (Å²) in [5.41, 5.74) is 0.0402. The second-order valence-corrected chi connectivity index (χ2v) is 9.25. The minimum Gasteiger partial charge on any atom is -0.462 e. The Balaban J connectivity index is 1.77. The lowest BCUT2D eigenvalue weighted by molar-refractivity contribution is -0.192. The average Bonchev–Trinajstić information content (AvgIpc) is 3.33. The maximum atomic E-state index is 12.3. The molecule has 0 amide bonds. The Morgan fingerprint density at radius 2 is 1.73 bits per heavy atom. The van der Waals surface area contributed by atoms with E-state index in [9.17, 15) is 14.4 Å². The van der Waals surface area contributed by atoms with Gasteiger partial charge in [0.2, 0.25) is 6.29 Å². The zero-order valence-corrected chi connectivity index (χ0v) is 18.3. The summed E-state index contributed by atoms with van der Waals surface area (Å²) >= 11 is 0. The second kappa shape index (κ2) is 8.96. The van der Waals surface area contributed by atoms with Gasteiger partial charge in [-0.3, -0.25) is 14.4 Å². The molecule has 3 rings (SSSR count). The number of epoxide rings is 1. The van der Waals surface area contributed by atoms with Gasteiger partial charge in [0.1, 0.15) is 18.3 Å². The maximum absolute atomic E-state index is 12.3. The summed E-state index contributed by atoms with van der Waals surface area (Å²) in [5.74, 6) is -1.13. The molecule has 8 nitrogen and oxygen atoms in total. The van der Waals surface area contributed by atoms with Gasteiger partial charge in [0, 0.05) is 31.3 Å². The number of ether oxygens (including phenoxy) is 5. The molecule has 0 N–H and O–H groups in total. The highest BCUT2D eigenvalue weighted by Gasteiger charge is 2.70. The predicted octanol–water partition coefficient (Wildman–Crippen LogP) is 2.74. The molecule has 30 heavy (non-hydrogen) atoms. The quantitative estimate of drug-likeness (QED) is 0.333. The monoisotopic (exact) mass is 424 g/mol. The van der Waals surface area contributed by atoms with Gasteiger partial charge in [-0.25, -0.2) is 0 Å². The van der Waals surface area contributed by atoms with Crippen LogP contribution in [0.4, 0.5) is 0 Å². The van der Waals surface area contributed by atoms with Crippen molar-refractivity contribution in [2.75, 3.05) is 13.2 Å². The molecule has 0 aromatic carbocycles. The summed E-state index contributed by atoms with van der Waals surface area (Å²) in [5, 5.41) is 0. The molecular formula is C22H32O8. The number of carbonyl (C=O) groups is 3. The normalized spacial score (nSPS) is 31.8. The molecule has 5 atom stereocenters. The van der Waals surface area contributed by atoms with Gasteiger partial charge in [0.05, 0.1) is 18.8 Å². The van der Waals surface area contributed by atoms with E-state index in [1.165, 1.54) is 13.2 Å². The fourth-order valence-corrected chi connectivity index (χ4v) is 4.38. The van der Waals surface area contributed by atoms with Crippen molar-refractivity contribution < 1.29 is 38.1 Å². The largest absolute Gasteiger partial charge is 0.462 e. The van der Waals surface area contributed by atoms with Gasteiger partial charge in [-0.2, -0.15) is 0 Å². The smallest absolute Gasteiger partial charge is 0.309 e. The predicted molar refractivity (Wildman–Crippen MR) is 105 cm³/mol. The molecule has 3 aliphatic rings. The first-order chi connectivity index (χ1) is 14.1. The summed E-state index contributed by atoms with van der Waals surface area (Å²) in [4.78, 5) is 35.9. The summed E-state index contributed by atoms with van der Waals surface area (Å²) < 4.78 is 28.2. The van der Waals surface area contributed by atoms with E-state index in [-0.39, 0.29) is 48.6 Å². The Hall–Kier alpha value is -2.09. The van der Waals surface area contributed by atoms with Crippen LogP contribution in [-0.4, -0.2) is 49.1 Å². The van der Waals surface area contributed by atoms with Crippen molar-refractivity contribution >= 4 is 17.9 Å². The summed E-state index contributed by atoms with van der Waals surface area (Å²) in [6, 6.07) is 0. The number of rotatable bonds is 8.